The van der Waals surface area contributed by atoms with Gasteiger partial charge in [0, 0.05) is 10.0 Å². The first-order valence-electron chi connectivity index (χ1n) is 6.44. The number of nitrogens with two attached hydrogens (primary N) is 1. The highest BCUT2D eigenvalue weighted by Gasteiger charge is 2.11. The molecule has 2 N–H and O–H groups in total. The van der Waals surface area contributed by atoms with Gasteiger partial charge in [-0.2, -0.15) is 0 Å². The Bertz CT molecular complexity index is 561. The molecule has 1 unspecified atom stereocenters. The molecule has 0 aliphatic carbocycles. The molecular formula is C16H17Cl2NO. The van der Waals surface area contributed by atoms with E-state index in [0.29, 0.717) is 10.0 Å². The van der Waals surface area contributed by atoms with Gasteiger partial charge in [-0.1, -0.05) is 35.3 Å². The second kappa shape index (κ2) is 6.49. The molecule has 2 nitrogen and oxygen atoms in total. The van der Waals surface area contributed by atoms with E-state index in [4.69, 9.17) is 33.7 Å². The Labute approximate surface area is 129 Å². The van der Waals surface area contributed by atoms with Crippen molar-refractivity contribution < 1.29 is 4.74 Å². The average molecular weight is 310 g/mol. The molecule has 0 aromatic heterocycles. The summed E-state index contributed by atoms with van der Waals surface area (Å²) in [5, 5.41) is 1.17. The lowest BCUT2D eigenvalue weighted by Crippen LogP contribution is -2.12. The lowest BCUT2D eigenvalue weighted by molar-refractivity contribution is 0.242. The maximum atomic E-state index is 6.25. The summed E-state index contributed by atoms with van der Waals surface area (Å²) in [6.07, 6.45) is 0.154. The van der Waals surface area contributed by atoms with Gasteiger partial charge in [-0.15, -0.1) is 0 Å². The van der Waals surface area contributed by atoms with Gasteiger partial charge >= 0.3 is 0 Å². The van der Waals surface area contributed by atoms with E-state index < -0.39 is 0 Å². The molecule has 2 rings (SSSR count). The third-order valence-corrected chi connectivity index (χ3v) is 3.29. The summed E-state index contributed by atoms with van der Waals surface area (Å²) >= 11 is 12.0. The molecule has 1 atom stereocenters. The minimum atomic E-state index is -0.265. The summed E-state index contributed by atoms with van der Waals surface area (Å²) in [6.45, 7) is 3.99. The van der Waals surface area contributed by atoms with Crippen molar-refractivity contribution in [1.29, 1.82) is 0 Å². The van der Waals surface area contributed by atoms with E-state index in [1.165, 1.54) is 0 Å². The van der Waals surface area contributed by atoms with Crippen LogP contribution in [0.25, 0.3) is 0 Å². The fourth-order valence-electron chi connectivity index (χ4n) is 1.97. The molecule has 2 aromatic carbocycles. The minimum Gasteiger partial charge on any atom is -0.491 e. The Morgan fingerprint density at radius 1 is 0.900 bits per heavy atom. The van der Waals surface area contributed by atoms with Crippen LogP contribution in [0.2, 0.25) is 10.0 Å². The van der Waals surface area contributed by atoms with Crippen molar-refractivity contribution in [3.63, 3.8) is 0 Å². The first-order valence-corrected chi connectivity index (χ1v) is 7.19. The second-order valence-electron chi connectivity index (χ2n) is 4.92. The molecule has 20 heavy (non-hydrogen) atoms. The molecule has 0 saturated heterocycles. The van der Waals surface area contributed by atoms with Crippen molar-refractivity contribution in [3.05, 3.63) is 63.6 Å². The van der Waals surface area contributed by atoms with Gasteiger partial charge in [0.1, 0.15) is 5.75 Å². The minimum absolute atomic E-state index is 0.154. The highest BCUT2D eigenvalue weighted by atomic mass is 35.5. The molecule has 106 valence electrons. The van der Waals surface area contributed by atoms with E-state index in [0.717, 1.165) is 16.9 Å². The van der Waals surface area contributed by atoms with Crippen molar-refractivity contribution in [2.75, 3.05) is 0 Å². The number of halogens is 2. The fourth-order valence-corrected chi connectivity index (χ4v) is 2.52. The van der Waals surface area contributed by atoms with Crippen LogP contribution in [0.4, 0.5) is 0 Å². The second-order valence-corrected chi connectivity index (χ2v) is 5.79. The molecule has 0 radical (unpaired) electrons. The fraction of sp³-hybridized carbons (Fsp3) is 0.250. The predicted octanol–water partition coefficient (Wildman–Crippen LogP) is 4.83. The van der Waals surface area contributed by atoms with Crippen LogP contribution in [0.1, 0.15) is 31.0 Å². The van der Waals surface area contributed by atoms with Crippen molar-refractivity contribution >= 4 is 23.2 Å². The molecule has 0 spiro atoms. The monoisotopic (exact) mass is 309 g/mol. The summed E-state index contributed by atoms with van der Waals surface area (Å²) in [7, 11) is 0. The standard InChI is InChI=1S/C16H17Cl2NO/c1-10(2)20-15-5-3-11(4-6-15)16(19)12-7-13(17)9-14(18)8-12/h3-10,16H,19H2,1-2H3. The molecule has 0 fully saturated rings. The number of hydrogen-bond donors (Lipinski definition) is 1. The van der Waals surface area contributed by atoms with Crippen LogP contribution in [-0.4, -0.2) is 6.10 Å². The lowest BCUT2D eigenvalue weighted by atomic mass is 9.99. The van der Waals surface area contributed by atoms with Crippen LogP contribution in [0.3, 0.4) is 0 Å². The Kier molecular flexibility index (Phi) is 4.92. The van der Waals surface area contributed by atoms with Crippen LogP contribution in [0.15, 0.2) is 42.5 Å². The third kappa shape index (κ3) is 3.89. The van der Waals surface area contributed by atoms with Crippen LogP contribution in [0.5, 0.6) is 5.75 Å². The summed E-state index contributed by atoms with van der Waals surface area (Å²) in [5.74, 6) is 0.833. The summed E-state index contributed by atoms with van der Waals surface area (Å²) < 4.78 is 5.61. The maximum absolute atomic E-state index is 6.25. The van der Waals surface area contributed by atoms with Crippen molar-refractivity contribution in [2.24, 2.45) is 5.73 Å². The zero-order valence-corrected chi connectivity index (χ0v) is 12.9. The van der Waals surface area contributed by atoms with E-state index in [1.54, 1.807) is 6.07 Å². The highest BCUT2D eigenvalue weighted by Crippen LogP contribution is 2.27. The Morgan fingerprint density at radius 3 is 1.95 bits per heavy atom. The van der Waals surface area contributed by atoms with Crippen LogP contribution >= 0.6 is 23.2 Å². The van der Waals surface area contributed by atoms with Gasteiger partial charge < -0.3 is 10.5 Å². The van der Waals surface area contributed by atoms with Crippen LogP contribution < -0.4 is 10.5 Å². The first kappa shape index (κ1) is 15.2. The topological polar surface area (TPSA) is 35.2 Å². The summed E-state index contributed by atoms with van der Waals surface area (Å²) in [6, 6.07) is 12.8. The smallest absolute Gasteiger partial charge is 0.119 e. The van der Waals surface area contributed by atoms with Crippen molar-refractivity contribution in [2.45, 2.75) is 26.0 Å². The van der Waals surface area contributed by atoms with Crippen molar-refractivity contribution in [1.82, 2.24) is 0 Å². The molecule has 0 aliphatic heterocycles. The normalized spacial score (nSPS) is 12.5. The van der Waals surface area contributed by atoms with Crippen LogP contribution in [-0.2, 0) is 0 Å². The molecule has 0 amide bonds. The largest absolute Gasteiger partial charge is 0.491 e. The van der Waals surface area contributed by atoms with E-state index in [-0.39, 0.29) is 12.1 Å². The number of hydrogen-bond acceptors (Lipinski definition) is 2. The molecule has 0 saturated carbocycles. The molecule has 0 bridgehead atoms. The van der Waals surface area contributed by atoms with Gasteiger partial charge in [0.15, 0.2) is 0 Å². The lowest BCUT2D eigenvalue weighted by Gasteiger charge is -2.15. The van der Waals surface area contributed by atoms with Gasteiger partial charge in [0.05, 0.1) is 12.1 Å². The quantitative estimate of drug-likeness (QED) is 0.878. The van der Waals surface area contributed by atoms with Gasteiger partial charge in [0.25, 0.3) is 0 Å². The predicted molar refractivity (Wildman–Crippen MR) is 84.7 cm³/mol. The zero-order chi connectivity index (χ0) is 14.7. The summed E-state index contributed by atoms with van der Waals surface area (Å²) in [5.41, 5.74) is 8.12. The van der Waals surface area contributed by atoms with Crippen LogP contribution in [0, 0.1) is 0 Å². The molecule has 4 heteroatoms. The highest BCUT2D eigenvalue weighted by molar-refractivity contribution is 6.34. The maximum Gasteiger partial charge on any atom is 0.119 e. The van der Waals surface area contributed by atoms with E-state index in [1.807, 2.05) is 50.2 Å². The molecular weight excluding hydrogens is 293 g/mol. The number of benzene rings is 2. The molecule has 0 heterocycles. The first-order chi connectivity index (χ1) is 9.45. The van der Waals surface area contributed by atoms with Gasteiger partial charge in [-0.25, -0.2) is 0 Å². The van der Waals surface area contributed by atoms with E-state index in [9.17, 15) is 0 Å². The number of rotatable bonds is 4. The van der Waals surface area contributed by atoms with Crippen molar-refractivity contribution in [3.8, 4) is 5.75 Å². The SMILES string of the molecule is CC(C)Oc1ccc(C(N)c2cc(Cl)cc(Cl)c2)cc1. The summed E-state index contributed by atoms with van der Waals surface area (Å²) in [4.78, 5) is 0. The Hall–Kier alpha value is -1.22. The van der Waals surface area contributed by atoms with E-state index >= 15 is 0 Å². The Morgan fingerprint density at radius 2 is 1.45 bits per heavy atom. The van der Waals surface area contributed by atoms with E-state index in [2.05, 4.69) is 0 Å². The third-order valence-electron chi connectivity index (χ3n) is 2.86. The average Bonchev–Trinajstić information content (AvgIpc) is 2.37. The molecule has 2 aromatic rings. The zero-order valence-electron chi connectivity index (χ0n) is 11.4. The van der Waals surface area contributed by atoms with Gasteiger partial charge in [0.2, 0.25) is 0 Å². The molecule has 0 aliphatic rings. The van der Waals surface area contributed by atoms with Gasteiger partial charge in [-0.3, -0.25) is 0 Å². The van der Waals surface area contributed by atoms with Gasteiger partial charge in [-0.05, 0) is 55.3 Å². The number of ether oxygens (including phenoxy) is 1. The Balaban J connectivity index is 2.22.